The normalized spacial score (nSPS) is 23.4. The van der Waals surface area contributed by atoms with Crippen LogP contribution in [0.4, 0.5) is 0 Å². The summed E-state index contributed by atoms with van der Waals surface area (Å²) >= 11 is 2.02. The van der Waals surface area contributed by atoms with Gasteiger partial charge in [-0.2, -0.15) is 16.7 Å². The monoisotopic (exact) mass is 213 g/mol. The summed E-state index contributed by atoms with van der Waals surface area (Å²) in [5.41, 5.74) is 5.42. The van der Waals surface area contributed by atoms with E-state index in [2.05, 4.69) is 10.1 Å². The zero-order valence-electron chi connectivity index (χ0n) is 8.11. The van der Waals surface area contributed by atoms with Crippen LogP contribution in [0.1, 0.15) is 36.9 Å². The van der Waals surface area contributed by atoms with Crippen LogP contribution in [-0.2, 0) is 6.54 Å². The largest absolute Gasteiger partial charge is 0.338 e. The van der Waals surface area contributed by atoms with Crippen LogP contribution >= 0.6 is 11.8 Å². The number of hydrogen-bond donors (Lipinski definition) is 1. The molecule has 0 radical (unpaired) electrons. The van der Waals surface area contributed by atoms with Gasteiger partial charge in [0.1, 0.15) is 0 Å². The maximum Gasteiger partial charge on any atom is 0.240 e. The fourth-order valence-corrected chi connectivity index (χ4v) is 2.70. The van der Waals surface area contributed by atoms with E-state index in [1.165, 1.54) is 24.3 Å². The minimum atomic E-state index is 0.342. The average Bonchev–Trinajstić information content (AvgIpc) is 2.53. The Morgan fingerprint density at radius 1 is 1.43 bits per heavy atom. The van der Waals surface area contributed by atoms with Crippen LogP contribution in [0.3, 0.4) is 0 Å². The Bertz CT molecular complexity index is 281. The highest BCUT2D eigenvalue weighted by molar-refractivity contribution is 7.99. The van der Waals surface area contributed by atoms with Crippen molar-refractivity contribution in [3.63, 3.8) is 0 Å². The van der Waals surface area contributed by atoms with Crippen molar-refractivity contribution in [1.29, 1.82) is 0 Å². The van der Waals surface area contributed by atoms with Crippen molar-refractivity contribution in [2.45, 2.75) is 31.7 Å². The lowest BCUT2D eigenvalue weighted by Gasteiger charge is -2.06. The maximum atomic E-state index is 5.42. The molecule has 5 heteroatoms. The van der Waals surface area contributed by atoms with Crippen molar-refractivity contribution in [2.75, 3.05) is 11.5 Å². The molecule has 1 fully saturated rings. The second-order valence-electron chi connectivity index (χ2n) is 3.49. The third-order valence-corrected chi connectivity index (χ3v) is 3.58. The fraction of sp³-hybridized carbons (Fsp3) is 0.778. The molecule has 14 heavy (non-hydrogen) atoms. The van der Waals surface area contributed by atoms with Crippen LogP contribution < -0.4 is 5.73 Å². The molecule has 0 spiro atoms. The molecule has 1 saturated heterocycles. The summed E-state index contributed by atoms with van der Waals surface area (Å²) < 4.78 is 5.01. The molecule has 78 valence electrons. The van der Waals surface area contributed by atoms with E-state index in [9.17, 15) is 0 Å². The number of nitrogens with zero attached hydrogens (tertiary/aromatic N) is 2. The standard InChI is InChI=1S/C9H15N3OS/c10-6-8-11-9(12-13-8)7-2-1-4-14-5-3-7/h7H,1-6,10H2/t7-/m1/s1. The SMILES string of the molecule is NCc1nc([C@@H]2CCCSCC2)no1. The average molecular weight is 213 g/mol. The first-order valence-corrected chi connectivity index (χ1v) is 6.16. The van der Waals surface area contributed by atoms with Gasteiger partial charge in [-0.1, -0.05) is 5.16 Å². The van der Waals surface area contributed by atoms with Gasteiger partial charge in [0, 0.05) is 5.92 Å². The number of nitrogens with two attached hydrogens (primary N) is 1. The molecular formula is C9H15N3OS. The van der Waals surface area contributed by atoms with Crippen molar-refractivity contribution in [2.24, 2.45) is 5.73 Å². The maximum absolute atomic E-state index is 5.42. The van der Waals surface area contributed by atoms with Gasteiger partial charge < -0.3 is 10.3 Å². The third-order valence-electron chi connectivity index (χ3n) is 2.48. The van der Waals surface area contributed by atoms with E-state index in [0.29, 0.717) is 18.4 Å². The summed E-state index contributed by atoms with van der Waals surface area (Å²) in [6.07, 6.45) is 3.59. The fourth-order valence-electron chi connectivity index (χ4n) is 1.68. The topological polar surface area (TPSA) is 64.9 Å². The number of aromatic nitrogens is 2. The highest BCUT2D eigenvalue weighted by Gasteiger charge is 2.19. The van der Waals surface area contributed by atoms with Gasteiger partial charge in [0.25, 0.3) is 0 Å². The van der Waals surface area contributed by atoms with E-state index in [1.54, 1.807) is 0 Å². The van der Waals surface area contributed by atoms with Crippen LogP contribution in [0.5, 0.6) is 0 Å². The molecule has 0 aliphatic carbocycles. The molecule has 0 aromatic carbocycles. The zero-order valence-corrected chi connectivity index (χ0v) is 8.92. The predicted octanol–water partition coefficient (Wildman–Crippen LogP) is 1.53. The second kappa shape index (κ2) is 4.79. The first kappa shape index (κ1) is 9.98. The quantitative estimate of drug-likeness (QED) is 0.807. The van der Waals surface area contributed by atoms with Crippen LogP contribution in [0.2, 0.25) is 0 Å². The molecule has 0 saturated carbocycles. The molecular weight excluding hydrogens is 198 g/mol. The van der Waals surface area contributed by atoms with Crippen LogP contribution in [0, 0.1) is 0 Å². The summed E-state index contributed by atoms with van der Waals surface area (Å²) in [4.78, 5) is 4.28. The van der Waals surface area contributed by atoms with Crippen molar-refractivity contribution >= 4 is 11.8 Å². The lowest BCUT2D eigenvalue weighted by Crippen LogP contribution is -2.02. The van der Waals surface area contributed by atoms with E-state index in [0.717, 1.165) is 12.2 Å². The highest BCUT2D eigenvalue weighted by Crippen LogP contribution is 2.28. The zero-order chi connectivity index (χ0) is 9.80. The number of thioether (sulfide) groups is 1. The van der Waals surface area contributed by atoms with Gasteiger partial charge in [-0.3, -0.25) is 0 Å². The smallest absolute Gasteiger partial charge is 0.240 e. The van der Waals surface area contributed by atoms with E-state index in [4.69, 9.17) is 10.3 Å². The first-order chi connectivity index (χ1) is 6.90. The molecule has 1 atom stereocenters. The van der Waals surface area contributed by atoms with Crippen LogP contribution in [0.15, 0.2) is 4.52 Å². The van der Waals surface area contributed by atoms with Gasteiger partial charge in [-0.15, -0.1) is 0 Å². The van der Waals surface area contributed by atoms with Crippen LogP contribution in [-0.4, -0.2) is 21.6 Å². The van der Waals surface area contributed by atoms with E-state index >= 15 is 0 Å². The molecule has 0 amide bonds. The summed E-state index contributed by atoms with van der Waals surface area (Å²) in [6, 6.07) is 0. The minimum absolute atomic E-state index is 0.342. The first-order valence-electron chi connectivity index (χ1n) is 5.00. The van der Waals surface area contributed by atoms with Gasteiger partial charge in [0.2, 0.25) is 5.89 Å². The molecule has 2 heterocycles. The van der Waals surface area contributed by atoms with Gasteiger partial charge in [-0.05, 0) is 30.8 Å². The summed E-state index contributed by atoms with van der Waals surface area (Å²) in [5.74, 6) is 4.36. The Kier molecular flexibility index (Phi) is 3.42. The molecule has 2 rings (SSSR count). The molecule has 1 aliphatic heterocycles. The molecule has 2 N–H and O–H groups in total. The van der Waals surface area contributed by atoms with E-state index < -0.39 is 0 Å². The Morgan fingerprint density at radius 3 is 3.14 bits per heavy atom. The molecule has 0 unspecified atom stereocenters. The van der Waals surface area contributed by atoms with Crippen molar-refractivity contribution in [3.05, 3.63) is 11.7 Å². The summed E-state index contributed by atoms with van der Waals surface area (Å²) in [7, 11) is 0. The Hall–Kier alpha value is -0.550. The van der Waals surface area contributed by atoms with E-state index in [1.807, 2.05) is 11.8 Å². The summed E-state index contributed by atoms with van der Waals surface area (Å²) in [5, 5.41) is 3.98. The highest BCUT2D eigenvalue weighted by atomic mass is 32.2. The summed E-state index contributed by atoms with van der Waals surface area (Å²) in [6.45, 7) is 0.342. The van der Waals surface area contributed by atoms with Gasteiger partial charge in [0.05, 0.1) is 6.54 Å². The third kappa shape index (κ3) is 2.27. The van der Waals surface area contributed by atoms with Crippen molar-refractivity contribution < 1.29 is 4.52 Å². The number of hydrogen-bond acceptors (Lipinski definition) is 5. The van der Waals surface area contributed by atoms with E-state index in [-0.39, 0.29) is 0 Å². The number of rotatable bonds is 2. The molecule has 1 aliphatic rings. The Morgan fingerprint density at radius 2 is 2.36 bits per heavy atom. The molecule has 4 nitrogen and oxygen atoms in total. The van der Waals surface area contributed by atoms with Gasteiger partial charge in [-0.25, -0.2) is 0 Å². The lowest BCUT2D eigenvalue weighted by atomic mass is 10.0. The lowest BCUT2D eigenvalue weighted by molar-refractivity contribution is 0.369. The van der Waals surface area contributed by atoms with Crippen molar-refractivity contribution in [1.82, 2.24) is 10.1 Å². The predicted molar refractivity (Wildman–Crippen MR) is 56.1 cm³/mol. The van der Waals surface area contributed by atoms with Crippen LogP contribution in [0.25, 0.3) is 0 Å². The van der Waals surface area contributed by atoms with Gasteiger partial charge >= 0.3 is 0 Å². The molecule has 0 bridgehead atoms. The van der Waals surface area contributed by atoms with Crippen molar-refractivity contribution in [3.8, 4) is 0 Å². The molecule has 1 aromatic rings. The van der Waals surface area contributed by atoms with Gasteiger partial charge in [0.15, 0.2) is 5.82 Å². The Labute approximate surface area is 87.6 Å². The second-order valence-corrected chi connectivity index (χ2v) is 4.72. The Balaban J connectivity index is 2.04. The minimum Gasteiger partial charge on any atom is -0.338 e. The molecule has 1 aromatic heterocycles.